The van der Waals surface area contributed by atoms with Crippen LogP contribution < -0.4 is 10.1 Å². The summed E-state index contributed by atoms with van der Waals surface area (Å²) in [4.78, 5) is 12.4. The van der Waals surface area contributed by atoms with Gasteiger partial charge in [-0.15, -0.1) is 10.2 Å². The fraction of sp³-hybridized carbons (Fsp3) is 0.100. The van der Waals surface area contributed by atoms with Crippen molar-refractivity contribution in [1.29, 1.82) is 0 Å². The predicted octanol–water partition coefficient (Wildman–Crippen LogP) is 3.48. The topological polar surface area (TPSA) is 81.4 Å². The number of benzene rings is 2. The Morgan fingerprint density at radius 2 is 2.00 bits per heavy atom. The number of nitrogens with zero attached hydrogens (tertiary/aromatic N) is 4. The number of aromatic nitrogens is 4. The number of halogens is 2. The van der Waals surface area contributed by atoms with E-state index in [1.54, 1.807) is 34.8 Å². The van der Waals surface area contributed by atoms with Crippen molar-refractivity contribution in [2.45, 2.75) is 13.0 Å². The van der Waals surface area contributed by atoms with Crippen LogP contribution in [0.2, 0.25) is 0 Å². The van der Waals surface area contributed by atoms with Crippen molar-refractivity contribution < 1.29 is 18.3 Å². The molecule has 0 fully saturated rings. The molecule has 9 heteroatoms. The predicted molar refractivity (Wildman–Crippen MR) is 101 cm³/mol. The highest BCUT2D eigenvalue weighted by atomic mass is 19.1. The van der Waals surface area contributed by atoms with E-state index < -0.39 is 23.6 Å². The van der Waals surface area contributed by atoms with Crippen molar-refractivity contribution in [1.82, 2.24) is 19.8 Å². The third kappa shape index (κ3) is 4.03. The lowest BCUT2D eigenvalue weighted by molar-refractivity contribution is -0.122. The molecule has 0 saturated carbocycles. The molecule has 7 nitrogen and oxygen atoms in total. The summed E-state index contributed by atoms with van der Waals surface area (Å²) in [5.74, 6) is -2.27. The number of fused-ring (bicyclic) bond motifs is 1. The molecule has 0 radical (unpaired) electrons. The average molecular weight is 395 g/mol. The van der Waals surface area contributed by atoms with Crippen molar-refractivity contribution in [3.63, 3.8) is 0 Å². The van der Waals surface area contributed by atoms with Gasteiger partial charge in [0.05, 0.1) is 5.69 Å². The highest BCUT2D eigenvalue weighted by Gasteiger charge is 2.17. The zero-order valence-corrected chi connectivity index (χ0v) is 15.2. The van der Waals surface area contributed by atoms with E-state index in [0.717, 1.165) is 17.7 Å². The van der Waals surface area contributed by atoms with Crippen molar-refractivity contribution in [3.8, 4) is 17.0 Å². The Hall–Kier alpha value is -3.88. The molecule has 146 valence electrons. The second-order valence-electron chi connectivity index (χ2n) is 6.26. The zero-order valence-electron chi connectivity index (χ0n) is 15.2. The molecule has 2 aromatic heterocycles. The van der Waals surface area contributed by atoms with Crippen LogP contribution in [0, 0.1) is 11.6 Å². The van der Waals surface area contributed by atoms with Crippen molar-refractivity contribution >= 4 is 17.2 Å². The molecule has 1 atom stereocenters. The molecule has 4 rings (SSSR count). The quantitative estimate of drug-likeness (QED) is 0.560. The largest absolute Gasteiger partial charge is 0.478 e. The van der Waals surface area contributed by atoms with Gasteiger partial charge in [-0.3, -0.25) is 4.79 Å². The minimum Gasteiger partial charge on any atom is -0.478 e. The summed E-state index contributed by atoms with van der Waals surface area (Å²) in [6.45, 7) is 1.48. The van der Waals surface area contributed by atoms with Gasteiger partial charge >= 0.3 is 0 Å². The van der Waals surface area contributed by atoms with Gasteiger partial charge in [-0.05, 0) is 43.3 Å². The van der Waals surface area contributed by atoms with Gasteiger partial charge < -0.3 is 10.1 Å². The third-order valence-corrected chi connectivity index (χ3v) is 4.15. The number of amides is 1. The molecule has 1 N–H and O–H groups in total. The zero-order chi connectivity index (χ0) is 20.4. The summed E-state index contributed by atoms with van der Waals surface area (Å²) in [5.41, 5.74) is 2.59. The third-order valence-electron chi connectivity index (χ3n) is 4.15. The molecule has 0 saturated heterocycles. The lowest BCUT2D eigenvalue weighted by Gasteiger charge is -2.15. The minimum absolute atomic E-state index is 0.200. The van der Waals surface area contributed by atoms with Crippen molar-refractivity contribution in [2.24, 2.45) is 0 Å². The maximum atomic E-state index is 13.7. The first kappa shape index (κ1) is 18.5. The van der Waals surface area contributed by atoms with Crippen molar-refractivity contribution in [2.75, 3.05) is 5.32 Å². The van der Waals surface area contributed by atoms with E-state index in [0.29, 0.717) is 23.1 Å². The number of nitrogens with one attached hydrogen (secondary N) is 1. The standard InChI is InChI=1S/C20H15F2N5O2/c1-12(29-18-7-5-14(21)10-16(18)22)20(28)24-15-4-2-3-13(9-15)17-6-8-19-25-23-11-27(19)26-17/h2-12H,1H3,(H,24,28). The lowest BCUT2D eigenvalue weighted by Crippen LogP contribution is -2.30. The highest BCUT2D eigenvalue weighted by molar-refractivity contribution is 5.94. The Labute approximate surface area is 164 Å². The first-order valence-corrected chi connectivity index (χ1v) is 8.70. The highest BCUT2D eigenvalue weighted by Crippen LogP contribution is 2.22. The monoisotopic (exact) mass is 395 g/mol. The molecular formula is C20H15F2N5O2. The fourth-order valence-corrected chi connectivity index (χ4v) is 2.70. The first-order valence-electron chi connectivity index (χ1n) is 8.70. The van der Waals surface area contributed by atoms with E-state index in [-0.39, 0.29) is 5.75 Å². The van der Waals surface area contributed by atoms with Crippen LogP contribution in [0.15, 0.2) is 60.9 Å². The number of rotatable bonds is 5. The van der Waals surface area contributed by atoms with Gasteiger partial charge in [0, 0.05) is 17.3 Å². The average Bonchev–Trinajstić information content (AvgIpc) is 3.18. The van der Waals surface area contributed by atoms with Crippen LogP contribution in [0.1, 0.15) is 6.92 Å². The molecule has 2 heterocycles. The van der Waals surface area contributed by atoms with E-state index in [9.17, 15) is 13.6 Å². The van der Waals surface area contributed by atoms with E-state index in [2.05, 4.69) is 20.6 Å². The first-order chi connectivity index (χ1) is 14.0. The van der Waals surface area contributed by atoms with E-state index in [1.165, 1.54) is 13.3 Å². The Balaban J connectivity index is 1.48. The minimum atomic E-state index is -0.995. The van der Waals surface area contributed by atoms with Crippen molar-refractivity contribution in [3.05, 3.63) is 72.6 Å². The van der Waals surface area contributed by atoms with Crippen LogP contribution in [0.5, 0.6) is 5.75 Å². The Morgan fingerprint density at radius 1 is 1.14 bits per heavy atom. The molecule has 0 aliphatic rings. The number of hydrogen-bond donors (Lipinski definition) is 1. The second kappa shape index (κ2) is 7.63. The van der Waals surface area contributed by atoms with Crippen LogP contribution >= 0.6 is 0 Å². The van der Waals surface area contributed by atoms with Crippen LogP contribution in [0.25, 0.3) is 16.9 Å². The Morgan fingerprint density at radius 3 is 2.83 bits per heavy atom. The van der Waals surface area contributed by atoms with E-state index in [4.69, 9.17) is 4.74 Å². The van der Waals surface area contributed by atoms with Crippen LogP contribution in [-0.2, 0) is 4.79 Å². The Bertz CT molecular complexity index is 1190. The number of hydrogen-bond acceptors (Lipinski definition) is 5. The summed E-state index contributed by atoms with van der Waals surface area (Å²) in [6.07, 6.45) is 0.503. The van der Waals surface area contributed by atoms with E-state index >= 15 is 0 Å². The van der Waals surface area contributed by atoms with Crippen LogP contribution in [-0.4, -0.2) is 31.8 Å². The van der Waals surface area contributed by atoms with Gasteiger partial charge in [0.15, 0.2) is 23.3 Å². The molecule has 1 unspecified atom stereocenters. The summed E-state index contributed by atoms with van der Waals surface area (Å²) in [7, 11) is 0. The van der Waals surface area contributed by atoms with Gasteiger partial charge in [0.2, 0.25) is 0 Å². The maximum Gasteiger partial charge on any atom is 0.265 e. The molecule has 29 heavy (non-hydrogen) atoms. The smallest absolute Gasteiger partial charge is 0.265 e. The van der Waals surface area contributed by atoms with E-state index in [1.807, 2.05) is 6.07 Å². The molecular weight excluding hydrogens is 380 g/mol. The van der Waals surface area contributed by atoms with Gasteiger partial charge in [0.1, 0.15) is 12.1 Å². The lowest BCUT2D eigenvalue weighted by atomic mass is 10.1. The summed E-state index contributed by atoms with van der Waals surface area (Å²) >= 11 is 0. The van der Waals surface area contributed by atoms with Gasteiger partial charge in [-0.1, -0.05) is 12.1 Å². The molecule has 0 spiro atoms. The number of carbonyl (C=O) groups excluding carboxylic acids is 1. The fourth-order valence-electron chi connectivity index (χ4n) is 2.70. The summed E-state index contributed by atoms with van der Waals surface area (Å²) < 4.78 is 33.6. The van der Waals surface area contributed by atoms with Gasteiger partial charge in [0.25, 0.3) is 5.91 Å². The summed E-state index contributed by atoms with van der Waals surface area (Å²) in [6, 6.07) is 13.6. The molecule has 0 aliphatic heterocycles. The summed E-state index contributed by atoms with van der Waals surface area (Å²) in [5, 5.41) is 14.8. The van der Waals surface area contributed by atoms with Gasteiger partial charge in [-0.2, -0.15) is 9.61 Å². The molecule has 1 amide bonds. The number of carbonyl (C=O) groups is 1. The normalized spacial score (nSPS) is 12.0. The van der Waals surface area contributed by atoms with Crippen LogP contribution in [0.3, 0.4) is 0 Å². The maximum absolute atomic E-state index is 13.7. The van der Waals surface area contributed by atoms with Crippen LogP contribution in [0.4, 0.5) is 14.5 Å². The Kier molecular flexibility index (Phi) is 4.86. The number of ether oxygens (including phenoxy) is 1. The molecule has 4 aromatic rings. The molecule has 2 aromatic carbocycles. The van der Waals surface area contributed by atoms with Gasteiger partial charge in [-0.25, -0.2) is 8.78 Å². The number of anilines is 1. The second-order valence-corrected chi connectivity index (χ2v) is 6.26. The SMILES string of the molecule is CC(Oc1ccc(F)cc1F)C(=O)Nc1cccc(-c2ccc3nncn3n2)c1. The molecule has 0 bridgehead atoms. The molecule has 0 aliphatic carbocycles.